The average Bonchev–Trinajstić information content (AvgIpc) is 2.38. The maximum absolute atomic E-state index is 11.4. The molecule has 6 nitrogen and oxygen atoms in total. The largest absolute Gasteiger partial charge is 0.462 e. The smallest absolute Gasteiger partial charge is 0.338 e. The van der Waals surface area contributed by atoms with Gasteiger partial charge in [-0.2, -0.15) is 0 Å². The van der Waals surface area contributed by atoms with Crippen LogP contribution in [0.4, 0.5) is 5.69 Å². The van der Waals surface area contributed by atoms with Crippen molar-refractivity contribution in [3.05, 3.63) is 29.8 Å². The van der Waals surface area contributed by atoms with Gasteiger partial charge in [0.15, 0.2) is 4.99 Å². The van der Waals surface area contributed by atoms with Crippen LogP contribution >= 0.6 is 12.2 Å². The molecule has 1 rings (SSSR count). The Morgan fingerprint density at radius 3 is 2.44 bits per heavy atom. The summed E-state index contributed by atoms with van der Waals surface area (Å²) in [5.41, 5.74) is 2.99. The third kappa shape index (κ3) is 3.79. The van der Waals surface area contributed by atoms with Gasteiger partial charge < -0.3 is 15.5 Å². The molecule has 0 heterocycles. The maximum Gasteiger partial charge on any atom is 0.338 e. The van der Waals surface area contributed by atoms with E-state index in [1.807, 2.05) is 0 Å². The second-order valence-corrected chi connectivity index (χ2v) is 3.63. The topological polar surface area (TPSA) is 93.4 Å². The number of thiocarbonyl (C=S) groups is 1. The molecule has 18 heavy (non-hydrogen) atoms. The third-order valence-corrected chi connectivity index (χ3v) is 2.29. The number of rotatable bonds is 3. The molecule has 0 aromatic heterocycles. The predicted octanol–water partition coefficient (Wildman–Crippen LogP) is 0.592. The molecule has 0 saturated heterocycles. The van der Waals surface area contributed by atoms with Crippen LogP contribution in [-0.2, 0) is 9.53 Å². The van der Waals surface area contributed by atoms with Crippen LogP contribution in [0.5, 0.6) is 0 Å². The maximum atomic E-state index is 11.4. The zero-order valence-electron chi connectivity index (χ0n) is 9.73. The van der Waals surface area contributed by atoms with Crippen molar-refractivity contribution in [2.24, 2.45) is 5.84 Å². The van der Waals surface area contributed by atoms with Crippen molar-refractivity contribution < 1.29 is 14.3 Å². The Hall–Kier alpha value is -1.99. The first-order valence-corrected chi connectivity index (χ1v) is 5.58. The molecule has 0 aliphatic carbocycles. The number of hydrogen-bond acceptors (Lipinski definition) is 5. The van der Waals surface area contributed by atoms with Crippen LogP contribution in [0.15, 0.2) is 24.3 Å². The number of carbonyl (C=O) groups excluding carboxylic acids is 2. The Labute approximate surface area is 109 Å². The summed E-state index contributed by atoms with van der Waals surface area (Å²) >= 11 is 4.66. The number of nitrogens with one attached hydrogen (secondary N) is 2. The van der Waals surface area contributed by atoms with Crippen molar-refractivity contribution in [3.63, 3.8) is 0 Å². The van der Waals surface area contributed by atoms with Crippen molar-refractivity contribution in [1.29, 1.82) is 0 Å². The molecule has 1 aromatic rings. The van der Waals surface area contributed by atoms with E-state index in [4.69, 9.17) is 10.6 Å². The molecule has 0 fully saturated rings. The zero-order valence-corrected chi connectivity index (χ0v) is 10.5. The summed E-state index contributed by atoms with van der Waals surface area (Å²) in [5, 5.41) is 2.52. The van der Waals surface area contributed by atoms with E-state index in [2.05, 4.69) is 23.0 Å². The van der Waals surface area contributed by atoms with Crippen LogP contribution in [0.2, 0.25) is 0 Å². The van der Waals surface area contributed by atoms with E-state index < -0.39 is 11.9 Å². The molecule has 96 valence electrons. The van der Waals surface area contributed by atoms with Crippen molar-refractivity contribution >= 4 is 34.8 Å². The van der Waals surface area contributed by atoms with Crippen LogP contribution in [0, 0.1) is 0 Å². The molecular formula is C11H13N3O3S. The number of amides is 1. The lowest BCUT2D eigenvalue weighted by Crippen LogP contribution is -2.38. The Morgan fingerprint density at radius 2 is 1.94 bits per heavy atom. The van der Waals surface area contributed by atoms with Gasteiger partial charge in [0.1, 0.15) is 0 Å². The lowest BCUT2D eigenvalue weighted by Gasteiger charge is -2.06. The van der Waals surface area contributed by atoms with Gasteiger partial charge in [-0.1, -0.05) is 12.2 Å². The monoisotopic (exact) mass is 267 g/mol. The van der Waals surface area contributed by atoms with Crippen molar-refractivity contribution in [2.45, 2.75) is 6.92 Å². The highest BCUT2D eigenvalue weighted by Crippen LogP contribution is 2.10. The van der Waals surface area contributed by atoms with Gasteiger partial charge >= 0.3 is 5.97 Å². The van der Waals surface area contributed by atoms with Gasteiger partial charge in [-0.25, -0.2) is 10.6 Å². The highest BCUT2D eigenvalue weighted by Gasteiger charge is 2.09. The highest BCUT2D eigenvalue weighted by atomic mass is 32.1. The molecule has 0 aliphatic rings. The van der Waals surface area contributed by atoms with Gasteiger partial charge in [0.2, 0.25) is 0 Å². The summed E-state index contributed by atoms with van der Waals surface area (Å²) < 4.78 is 4.83. The first-order valence-electron chi connectivity index (χ1n) is 5.17. The predicted molar refractivity (Wildman–Crippen MR) is 70.9 cm³/mol. The van der Waals surface area contributed by atoms with Crippen LogP contribution in [0.25, 0.3) is 0 Å². The van der Waals surface area contributed by atoms with E-state index in [0.29, 0.717) is 17.9 Å². The molecule has 0 unspecified atom stereocenters. The van der Waals surface area contributed by atoms with Crippen LogP contribution < -0.4 is 16.6 Å². The summed E-state index contributed by atoms with van der Waals surface area (Å²) in [4.78, 5) is 22.6. The number of benzene rings is 1. The fourth-order valence-electron chi connectivity index (χ4n) is 1.16. The van der Waals surface area contributed by atoms with E-state index in [0.717, 1.165) is 0 Å². The van der Waals surface area contributed by atoms with Crippen LogP contribution in [0.1, 0.15) is 17.3 Å². The molecule has 0 atom stereocenters. The molecule has 4 N–H and O–H groups in total. The standard InChI is InChI=1S/C11H13N3O3S/c1-2-17-11(16)7-3-5-8(6-4-7)13-9(15)10(18)14-12/h3-6H,2,12H2,1H3,(H,13,15)(H,14,18). The lowest BCUT2D eigenvalue weighted by atomic mass is 10.2. The second kappa shape index (κ2) is 6.67. The Bertz CT molecular complexity index is 459. The number of carbonyl (C=O) groups is 2. The second-order valence-electron chi connectivity index (χ2n) is 3.23. The quantitative estimate of drug-likeness (QED) is 0.321. The molecule has 0 spiro atoms. The first-order chi connectivity index (χ1) is 8.58. The summed E-state index contributed by atoms with van der Waals surface area (Å²) in [6.45, 7) is 2.04. The minimum absolute atomic E-state index is 0.121. The SMILES string of the molecule is CCOC(=O)c1ccc(NC(=O)C(=S)NN)cc1. The number of hydrazine groups is 1. The summed E-state index contributed by atoms with van der Waals surface area (Å²) in [6, 6.07) is 6.24. The van der Waals surface area contributed by atoms with Gasteiger partial charge in [0.25, 0.3) is 5.91 Å². The van der Waals surface area contributed by atoms with Crippen LogP contribution in [-0.4, -0.2) is 23.5 Å². The van der Waals surface area contributed by atoms with Gasteiger partial charge in [-0.15, -0.1) is 0 Å². The van der Waals surface area contributed by atoms with E-state index in [1.165, 1.54) is 0 Å². The third-order valence-electron chi connectivity index (χ3n) is 1.99. The van der Waals surface area contributed by atoms with Gasteiger partial charge in [-0.3, -0.25) is 4.79 Å². The number of nitrogens with two attached hydrogens (primary N) is 1. The summed E-state index contributed by atoms with van der Waals surface area (Å²) in [5.74, 6) is 4.09. The van der Waals surface area contributed by atoms with E-state index in [9.17, 15) is 9.59 Å². The van der Waals surface area contributed by atoms with E-state index in [-0.39, 0.29) is 4.99 Å². The van der Waals surface area contributed by atoms with Gasteiger partial charge in [0, 0.05) is 5.69 Å². The Kier molecular flexibility index (Phi) is 5.22. The van der Waals surface area contributed by atoms with Crippen LogP contribution in [0.3, 0.4) is 0 Å². The van der Waals surface area contributed by atoms with Crippen molar-refractivity contribution in [2.75, 3.05) is 11.9 Å². The molecule has 0 saturated carbocycles. The minimum atomic E-state index is -0.517. The molecule has 0 radical (unpaired) electrons. The van der Waals surface area contributed by atoms with Crippen molar-refractivity contribution in [3.8, 4) is 0 Å². The van der Waals surface area contributed by atoms with E-state index in [1.54, 1.807) is 31.2 Å². The van der Waals surface area contributed by atoms with Crippen molar-refractivity contribution in [1.82, 2.24) is 5.43 Å². The Morgan fingerprint density at radius 1 is 1.33 bits per heavy atom. The lowest BCUT2D eigenvalue weighted by molar-refractivity contribution is -0.110. The fraction of sp³-hybridized carbons (Fsp3) is 0.182. The number of anilines is 1. The molecule has 7 heteroatoms. The number of esters is 1. The molecule has 1 amide bonds. The molecule has 1 aromatic carbocycles. The Balaban J connectivity index is 2.69. The number of ether oxygens (including phenoxy) is 1. The van der Waals surface area contributed by atoms with Gasteiger partial charge in [0.05, 0.1) is 12.2 Å². The molecular weight excluding hydrogens is 254 g/mol. The normalized spacial score (nSPS) is 9.44. The fourth-order valence-corrected chi connectivity index (χ4v) is 1.21. The van der Waals surface area contributed by atoms with E-state index >= 15 is 0 Å². The zero-order chi connectivity index (χ0) is 13.5. The average molecular weight is 267 g/mol. The molecule has 0 bridgehead atoms. The molecule has 0 aliphatic heterocycles. The number of hydrogen-bond donors (Lipinski definition) is 3. The summed E-state index contributed by atoms with van der Waals surface area (Å²) in [7, 11) is 0. The summed E-state index contributed by atoms with van der Waals surface area (Å²) in [6.07, 6.45) is 0. The first kappa shape index (κ1) is 14.1. The minimum Gasteiger partial charge on any atom is -0.462 e. The highest BCUT2D eigenvalue weighted by molar-refractivity contribution is 7.82. The van der Waals surface area contributed by atoms with Gasteiger partial charge in [-0.05, 0) is 31.2 Å².